The normalized spacial score (nSPS) is 14.4. The molecule has 3 heterocycles. The Morgan fingerprint density at radius 1 is 1.00 bits per heavy atom. The highest BCUT2D eigenvalue weighted by Gasteiger charge is 2.21. The number of para-hydroxylation sites is 1. The molecule has 0 atom stereocenters. The molecule has 1 aliphatic heterocycles. The molecule has 0 spiro atoms. The minimum Gasteiger partial charge on any atom is -0.366 e. The fraction of sp³-hybridized carbons (Fsp3) is 0.318. The van der Waals surface area contributed by atoms with Crippen molar-refractivity contribution in [2.75, 3.05) is 28.6 Å². The van der Waals surface area contributed by atoms with Crippen LogP contribution in [0.2, 0.25) is 0 Å². The van der Waals surface area contributed by atoms with Crippen LogP contribution in [-0.2, 0) is 0 Å². The number of amides is 1. The molecule has 2 N–H and O–H groups in total. The zero-order valence-corrected chi connectivity index (χ0v) is 17.2. The van der Waals surface area contributed by atoms with Crippen molar-refractivity contribution in [3.8, 4) is 0 Å². The number of nitrogens with zero attached hydrogens (tertiary/aromatic N) is 5. The molecule has 0 radical (unpaired) electrons. The number of nitrogens with one attached hydrogen (secondary N) is 2. The molecule has 30 heavy (non-hydrogen) atoms. The third-order valence-electron chi connectivity index (χ3n) is 5.05. The van der Waals surface area contributed by atoms with Crippen molar-refractivity contribution < 1.29 is 4.79 Å². The molecule has 4 rings (SSSR count). The van der Waals surface area contributed by atoms with Gasteiger partial charge in [-0.2, -0.15) is 0 Å². The maximum atomic E-state index is 12.3. The second-order valence-electron chi connectivity index (χ2n) is 7.44. The molecule has 1 aromatic carbocycles. The maximum Gasteiger partial charge on any atom is 0.276 e. The smallest absolute Gasteiger partial charge is 0.276 e. The zero-order chi connectivity index (χ0) is 20.9. The summed E-state index contributed by atoms with van der Waals surface area (Å²) in [7, 11) is 0. The Hall–Kier alpha value is -3.55. The molecular weight excluding hydrogens is 378 g/mol. The number of anilines is 3. The van der Waals surface area contributed by atoms with Gasteiger partial charge in [0.15, 0.2) is 5.69 Å². The van der Waals surface area contributed by atoms with E-state index in [1.807, 2.05) is 50.2 Å². The van der Waals surface area contributed by atoms with Crippen LogP contribution in [0, 0.1) is 13.8 Å². The first-order chi connectivity index (χ1) is 14.6. The lowest BCUT2D eigenvalue weighted by atomic mass is 10.0. The number of hydrogen-bond acceptors (Lipinski definition) is 7. The minimum atomic E-state index is -0.274. The average Bonchev–Trinajstić information content (AvgIpc) is 2.75. The van der Waals surface area contributed by atoms with Crippen LogP contribution in [0.4, 0.5) is 17.3 Å². The van der Waals surface area contributed by atoms with E-state index in [4.69, 9.17) is 0 Å². The predicted molar refractivity (Wildman–Crippen MR) is 117 cm³/mol. The SMILES string of the molecule is Cc1cc(N2CCC(Nc3ccc(C(=O)Nc4ccccc4)nn3)CC2)nc(C)n1. The van der Waals surface area contributed by atoms with Crippen molar-refractivity contribution >= 4 is 23.2 Å². The van der Waals surface area contributed by atoms with Gasteiger partial charge in [-0.25, -0.2) is 9.97 Å². The van der Waals surface area contributed by atoms with Crippen LogP contribution in [0.5, 0.6) is 0 Å². The maximum absolute atomic E-state index is 12.3. The van der Waals surface area contributed by atoms with Crippen LogP contribution in [0.1, 0.15) is 34.8 Å². The summed E-state index contributed by atoms with van der Waals surface area (Å²) in [6.45, 7) is 5.75. The van der Waals surface area contributed by atoms with E-state index in [0.29, 0.717) is 11.9 Å². The van der Waals surface area contributed by atoms with E-state index in [9.17, 15) is 4.79 Å². The van der Waals surface area contributed by atoms with Crippen molar-refractivity contribution in [1.29, 1.82) is 0 Å². The Morgan fingerprint density at radius 3 is 2.43 bits per heavy atom. The van der Waals surface area contributed by atoms with Gasteiger partial charge in [-0.3, -0.25) is 4.79 Å². The number of rotatable bonds is 5. The molecule has 1 fully saturated rings. The summed E-state index contributed by atoms with van der Waals surface area (Å²) in [4.78, 5) is 23.5. The van der Waals surface area contributed by atoms with Gasteiger partial charge in [-0.15, -0.1) is 10.2 Å². The predicted octanol–water partition coefficient (Wildman–Crippen LogP) is 3.22. The standard InChI is InChI=1S/C22H25N7O/c1-15-14-21(24-16(2)23-15)29-12-10-18(11-13-29)25-20-9-8-19(27-28-20)22(30)26-17-6-4-3-5-7-17/h3-9,14,18H,10-13H2,1-2H3,(H,25,28)(H,26,30). The first-order valence-electron chi connectivity index (χ1n) is 10.1. The van der Waals surface area contributed by atoms with Crippen LogP contribution in [0.15, 0.2) is 48.5 Å². The summed E-state index contributed by atoms with van der Waals surface area (Å²) in [5, 5.41) is 14.5. The molecule has 0 saturated carbocycles. The third-order valence-corrected chi connectivity index (χ3v) is 5.05. The monoisotopic (exact) mass is 403 g/mol. The highest BCUT2D eigenvalue weighted by Crippen LogP contribution is 2.20. The van der Waals surface area contributed by atoms with Crippen molar-refractivity contribution in [3.05, 3.63) is 65.7 Å². The Kier molecular flexibility index (Phi) is 5.83. The molecule has 0 aliphatic carbocycles. The van der Waals surface area contributed by atoms with E-state index in [0.717, 1.165) is 49.0 Å². The van der Waals surface area contributed by atoms with Gasteiger partial charge in [-0.1, -0.05) is 18.2 Å². The van der Waals surface area contributed by atoms with E-state index in [1.165, 1.54) is 0 Å². The Morgan fingerprint density at radius 2 is 1.77 bits per heavy atom. The summed E-state index contributed by atoms with van der Waals surface area (Å²) < 4.78 is 0. The molecule has 154 valence electrons. The van der Waals surface area contributed by atoms with Crippen LogP contribution >= 0.6 is 0 Å². The van der Waals surface area contributed by atoms with Gasteiger partial charge in [0.2, 0.25) is 0 Å². The van der Waals surface area contributed by atoms with Gasteiger partial charge in [0, 0.05) is 36.6 Å². The van der Waals surface area contributed by atoms with Crippen molar-refractivity contribution in [1.82, 2.24) is 20.2 Å². The van der Waals surface area contributed by atoms with Gasteiger partial charge in [0.1, 0.15) is 17.5 Å². The van der Waals surface area contributed by atoms with Gasteiger partial charge < -0.3 is 15.5 Å². The van der Waals surface area contributed by atoms with Gasteiger partial charge in [0.05, 0.1) is 0 Å². The quantitative estimate of drug-likeness (QED) is 0.675. The lowest BCUT2D eigenvalue weighted by Gasteiger charge is -2.33. The minimum absolute atomic E-state index is 0.274. The Labute approximate surface area is 175 Å². The molecular formula is C22H25N7O. The van der Waals surface area contributed by atoms with Crippen molar-refractivity contribution in [3.63, 3.8) is 0 Å². The van der Waals surface area contributed by atoms with Crippen LogP contribution in [0.3, 0.4) is 0 Å². The first kappa shape index (κ1) is 19.8. The highest BCUT2D eigenvalue weighted by molar-refractivity contribution is 6.02. The molecule has 1 saturated heterocycles. The lowest BCUT2D eigenvalue weighted by Crippen LogP contribution is -2.39. The van der Waals surface area contributed by atoms with Gasteiger partial charge in [0.25, 0.3) is 5.91 Å². The number of piperidine rings is 1. The molecule has 8 heteroatoms. The molecule has 1 aliphatic rings. The van der Waals surface area contributed by atoms with E-state index in [2.05, 4.69) is 35.7 Å². The zero-order valence-electron chi connectivity index (χ0n) is 17.2. The van der Waals surface area contributed by atoms with Gasteiger partial charge >= 0.3 is 0 Å². The third kappa shape index (κ3) is 4.89. The van der Waals surface area contributed by atoms with Gasteiger partial charge in [-0.05, 0) is 51.0 Å². The molecule has 8 nitrogen and oxygen atoms in total. The molecule has 0 bridgehead atoms. The summed E-state index contributed by atoms with van der Waals surface area (Å²) in [5.41, 5.74) is 2.01. The van der Waals surface area contributed by atoms with E-state index < -0.39 is 0 Å². The number of carbonyl (C=O) groups is 1. The fourth-order valence-electron chi connectivity index (χ4n) is 3.57. The Bertz CT molecular complexity index is 980. The van der Waals surface area contributed by atoms with Crippen LogP contribution in [0.25, 0.3) is 0 Å². The molecule has 1 amide bonds. The molecule has 0 unspecified atom stereocenters. The number of hydrogen-bond donors (Lipinski definition) is 2. The topological polar surface area (TPSA) is 95.9 Å². The van der Waals surface area contributed by atoms with Crippen LogP contribution in [-0.4, -0.2) is 45.2 Å². The largest absolute Gasteiger partial charge is 0.366 e. The second-order valence-corrected chi connectivity index (χ2v) is 7.44. The molecule has 2 aromatic heterocycles. The second kappa shape index (κ2) is 8.86. The van der Waals surface area contributed by atoms with E-state index in [-0.39, 0.29) is 11.6 Å². The first-order valence-corrected chi connectivity index (χ1v) is 10.1. The van der Waals surface area contributed by atoms with E-state index >= 15 is 0 Å². The highest BCUT2D eigenvalue weighted by atomic mass is 16.1. The fourth-order valence-corrected chi connectivity index (χ4v) is 3.57. The van der Waals surface area contributed by atoms with Crippen molar-refractivity contribution in [2.24, 2.45) is 0 Å². The summed E-state index contributed by atoms with van der Waals surface area (Å²) >= 11 is 0. The van der Waals surface area contributed by atoms with Crippen molar-refractivity contribution in [2.45, 2.75) is 32.7 Å². The summed E-state index contributed by atoms with van der Waals surface area (Å²) in [6.07, 6.45) is 1.94. The molecule has 3 aromatic rings. The van der Waals surface area contributed by atoms with Crippen LogP contribution < -0.4 is 15.5 Å². The average molecular weight is 403 g/mol. The summed E-state index contributed by atoms with van der Waals surface area (Å²) in [6, 6.07) is 15.1. The number of aryl methyl sites for hydroxylation is 2. The number of carbonyl (C=O) groups excluding carboxylic acids is 1. The lowest BCUT2D eigenvalue weighted by molar-refractivity contribution is 0.102. The summed E-state index contributed by atoms with van der Waals surface area (Å²) in [5.74, 6) is 2.20. The Balaban J connectivity index is 1.30. The van der Waals surface area contributed by atoms with E-state index in [1.54, 1.807) is 12.1 Å². The number of aromatic nitrogens is 4. The number of benzene rings is 1.